The molecular weight excluding hydrogens is 200 g/mol. The molecule has 1 saturated heterocycles. The highest BCUT2D eigenvalue weighted by molar-refractivity contribution is 5.86. The van der Waals surface area contributed by atoms with Crippen molar-refractivity contribution in [3.63, 3.8) is 0 Å². The molecule has 82 valence electrons. The second kappa shape index (κ2) is 2.80. The molecule has 2 aliphatic heterocycles. The number of nitrogens with one attached hydrogen (secondary N) is 1. The zero-order valence-corrected chi connectivity index (χ0v) is 9.29. The summed E-state index contributed by atoms with van der Waals surface area (Å²) in [5, 5.41) is 1.35. The summed E-state index contributed by atoms with van der Waals surface area (Å²) in [5.41, 5.74) is 4.20. The first-order valence-electron chi connectivity index (χ1n) is 5.79. The first-order chi connectivity index (χ1) is 7.86. The molecule has 4 rings (SSSR count). The van der Waals surface area contributed by atoms with Crippen LogP contribution in [0.15, 0.2) is 18.2 Å². The van der Waals surface area contributed by atoms with Crippen LogP contribution in [0.4, 0.5) is 0 Å². The highest BCUT2D eigenvalue weighted by Gasteiger charge is 2.41. The number of ether oxygens (including phenoxy) is 1. The van der Waals surface area contributed by atoms with Gasteiger partial charge in [0, 0.05) is 29.7 Å². The summed E-state index contributed by atoms with van der Waals surface area (Å²) in [5.74, 6) is 0.951. The van der Waals surface area contributed by atoms with Crippen LogP contribution in [0.5, 0.6) is 5.75 Å². The zero-order chi connectivity index (χ0) is 10.7. The summed E-state index contributed by atoms with van der Waals surface area (Å²) in [7, 11) is 1.73. The van der Waals surface area contributed by atoms with Gasteiger partial charge in [-0.05, 0) is 30.2 Å². The molecule has 1 aromatic heterocycles. The second-order valence-corrected chi connectivity index (χ2v) is 4.69. The molecule has 16 heavy (non-hydrogen) atoms. The van der Waals surface area contributed by atoms with Crippen molar-refractivity contribution in [3.8, 4) is 5.75 Å². The predicted molar refractivity (Wildman–Crippen MR) is 62.9 cm³/mol. The summed E-state index contributed by atoms with van der Waals surface area (Å²) >= 11 is 0. The van der Waals surface area contributed by atoms with E-state index >= 15 is 0 Å². The molecule has 1 unspecified atom stereocenters. The van der Waals surface area contributed by atoms with Crippen LogP contribution in [0, 0.1) is 0 Å². The van der Waals surface area contributed by atoms with Crippen molar-refractivity contribution in [2.45, 2.75) is 12.5 Å². The number of methoxy groups -OCH3 is 1. The number of benzene rings is 1. The molecule has 0 amide bonds. The number of nitrogens with zero attached hydrogens (tertiary/aromatic N) is 1. The van der Waals surface area contributed by atoms with Crippen molar-refractivity contribution >= 4 is 10.9 Å². The molecule has 1 N–H and O–H groups in total. The van der Waals surface area contributed by atoms with E-state index in [1.165, 1.54) is 41.7 Å². The molecule has 2 aromatic rings. The Kier molecular flexibility index (Phi) is 1.51. The standard InChI is InChI=1S/C13H14N2O/c1-16-8-2-3-11-10(6-8)9-4-5-15-7-12(15)13(9)14-11/h2-3,6,12,14H,4-5,7H2,1H3/t12-,15?/m1/s1. The SMILES string of the molecule is COc1ccc2[nH]c3c(c2c1)CCN1C[C@H]31. The van der Waals surface area contributed by atoms with Gasteiger partial charge in [-0.1, -0.05) is 0 Å². The van der Waals surface area contributed by atoms with Crippen LogP contribution < -0.4 is 4.74 Å². The molecule has 3 heteroatoms. The van der Waals surface area contributed by atoms with Gasteiger partial charge in [-0.15, -0.1) is 0 Å². The van der Waals surface area contributed by atoms with Crippen LogP contribution in [0.25, 0.3) is 10.9 Å². The molecule has 1 aromatic carbocycles. The maximum absolute atomic E-state index is 5.30. The van der Waals surface area contributed by atoms with Gasteiger partial charge in [0.25, 0.3) is 0 Å². The number of aromatic nitrogens is 1. The molecule has 0 radical (unpaired) electrons. The van der Waals surface area contributed by atoms with Gasteiger partial charge in [0.1, 0.15) is 5.75 Å². The van der Waals surface area contributed by atoms with Crippen molar-refractivity contribution in [1.29, 1.82) is 0 Å². The zero-order valence-electron chi connectivity index (χ0n) is 9.29. The topological polar surface area (TPSA) is 28.0 Å². The van der Waals surface area contributed by atoms with Crippen LogP contribution in [0.2, 0.25) is 0 Å². The van der Waals surface area contributed by atoms with E-state index in [-0.39, 0.29) is 0 Å². The largest absolute Gasteiger partial charge is 0.497 e. The Morgan fingerprint density at radius 2 is 2.38 bits per heavy atom. The van der Waals surface area contributed by atoms with E-state index in [0.29, 0.717) is 6.04 Å². The van der Waals surface area contributed by atoms with Gasteiger partial charge in [-0.2, -0.15) is 0 Å². The molecule has 1 fully saturated rings. The van der Waals surface area contributed by atoms with Gasteiger partial charge in [-0.3, -0.25) is 4.90 Å². The maximum atomic E-state index is 5.30. The van der Waals surface area contributed by atoms with Crippen molar-refractivity contribution in [2.24, 2.45) is 0 Å². The Labute approximate surface area is 94.0 Å². The minimum atomic E-state index is 0.669. The Morgan fingerprint density at radius 1 is 1.44 bits per heavy atom. The number of hydrogen-bond donors (Lipinski definition) is 1. The molecule has 2 atom stereocenters. The van der Waals surface area contributed by atoms with E-state index in [9.17, 15) is 0 Å². The van der Waals surface area contributed by atoms with Crippen molar-refractivity contribution < 1.29 is 4.74 Å². The van der Waals surface area contributed by atoms with Crippen molar-refractivity contribution in [3.05, 3.63) is 29.5 Å². The Bertz CT molecular complexity index is 573. The smallest absolute Gasteiger partial charge is 0.119 e. The number of hydrogen-bond acceptors (Lipinski definition) is 2. The lowest BCUT2D eigenvalue weighted by molar-refractivity contribution is 0.415. The average Bonchev–Trinajstić information content (AvgIpc) is 3.03. The van der Waals surface area contributed by atoms with Crippen molar-refractivity contribution in [1.82, 2.24) is 9.88 Å². The number of H-pyrrole nitrogens is 1. The summed E-state index contributed by atoms with van der Waals surface area (Å²) in [6.07, 6.45) is 1.17. The van der Waals surface area contributed by atoms with E-state index in [0.717, 1.165) is 5.75 Å². The van der Waals surface area contributed by atoms with Crippen LogP contribution in [-0.2, 0) is 6.42 Å². The highest BCUT2D eigenvalue weighted by Crippen LogP contribution is 2.43. The van der Waals surface area contributed by atoms with Crippen LogP contribution in [0.3, 0.4) is 0 Å². The summed E-state index contributed by atoms with van der Waals surface area (Å²) < 4.78 is 5.30. The predicted octanol–water partition coefficient (Wildman–Crippen LogP) is 2.09. The molecule has 0 bridgehead atoms. The average molecular weight is 214 g/mol. The van der Waals surface area contributed by atoms with Gasteiger partial charge in [0.2, 0.25) is 0 Å². The fourth-order valence-electron chi connectivity index (χ4n) is 2.88. The lowest BCUT2D eigenvalue weighted by atomic mass is 10.0. The quantitative estimate of drug-likeness (QED) is 0.736. The monoisotopic (exact) mass is 214 g/mol. The minimum Gasteiger partial charge on any atom is -0.497 e. The number of rotatable bonds is 1. The Hall–Kier alpha value is -1.48. The summed E-state index contributed by atoms with van der Waals surface area (Å²) in [6, 6.07) is 6.97. The number of fused-ring (bicyclic) bond motifs is 5. The minimum absolute atomic E-state index is 0.669. The van der Waals surface area contributed by atoms with Gasteiger partial charge in [0.05, 0.1) is 13.2 Å². The second-order valence-electron chi connectivity index (χ2n) is 4.69. The molecule has 3 heterocycles. The summed E-state index contributed by atoms with van der Waals surface area (Å²) in [6.45, 7) is 2.44. The van der Waals surface area contributed by atoms with Crippen LogP contribution in [0.1, 0.15) is 17.3 Å². The molecule has 0 spiro atoms. The lowest BCUT2D eigenvalue weighted by Gasteiger charge is -2.11. The first kappa shape index (κ1) is 8.65. The molecule has 2 aliphatic rings. The summed E-state index contributed by atoms with van der Waals surface area (Å²) in [4.78, 5) is 6.07. The van der Waals surface area contributed by atoms with Gasteiger partial charge in [-0.25, -0.2) is 0 Å². The van der Waals surface area contributed by atoms with Gasteiger partial charge < -0.3 is 9.72 Å². The third-order valence-corrected chi connectivity index (χ3v) is 3.84. The maximum Gasteiger partial charge on any atom is 0.119 e. The van der Waals surface area contributed by atoms with Gasteiger partial charge >= 0.3 is 0 Å². The third kappa shape index (κ3) is 1.01. The fraction of sp³-hybridized carbons (Fsp3) is 0.385. The lowest BCUT2D eigenvalue weighted by Crippen LogP contribution is -2.11. The molecule has 0 aliphatic carbocycles. The first-order valence-corrected chi connectivity index (χ1v) is 5.79. The normalized spacial score (nSPS) is 26.3. The fourth-order valence-corrected chi connectivity index (χ4v) is 2.88. The van der Waals surface area contributed by atoms with E-state index < -0.39 is 0 Å². The van der Waals surface area contributed by atoms with E-state index in [2.05, 4.69) is 22.0 Å². The van der Waals surface area contributed by atoms with E-state index in [4.69, 9.17) is 4.74 Å². The van der Waals surface area contributed by atoms with Crippen molar-refractivity contribution in [2.75, 3.05) is 20.2 Å². The Morgan fingerprint density at radius 3 is 3.25 bits per heavy atom. The molecular formula is C13H14N2O. The van der Waals surface area contributed by atoms with E-state index in [1.54, 1.807) is 7.11 Å². The number of aromatic amines is 1. The molecule has 3 nitrogen and oxygen atoms in total. The van der Waals surface area contributed by atoms with E-state index in [1.807, 2.05) is 6.07 Å². The van der Waals surface area contributed by atoms with Crippen LogP contribution >= 0.6 is 0 Å². The highest BCUT2D eigenvalue weighted by atomic mass is 16.5. The van der Waals surface area contributed by atoms with Crippen LogP contribution in [-0.4, -0.2) is 30.1 Å². The third-order valence-electron chi connectivity index (χ3n) is 3.84. The molecule has 0 saturated carbocycles. The Balaban J connectivity index is 1.98. The van der Waals surface area contributed by atoms with Gasteiger partial charge in [0.15, 0.2) is 0 Å².